The van der Waals surface area contributed by atoms with Crippen molar-refractivity contribution in [1.29, 1.82) is 0 Å². The number of rotatable bonds is 23. The number of aryl methyl sites for hydroxylation is 1. The number of anilines is 2. The third-order valence-electron chi connectivity index (χ3n) is 12.6. The Kier molecular flexibility index (Phi) is 17.8. The largest absolute Gasteiger partial charge is 0.490 e. The lowest BCUT2D eigenvalue weighted by molar-refractivity contribution is -0.745. The molecule has 0 saturated carbocycles. The Balaban J connectivity index is 0.948. The number of aliphatic hydroxyl groups is 3. The maximum Gasteiger partial charge on any atom is 0.490 e. The molecular weight excluding hydrogens is 1150 g/mol. The lowest BCUT2D eigenvalue weighted by Gasteiger charge is -2.26. The summed E-state index contributed by atoms with van der Waals surface area (Å²) in [5.74, 6) is -1.65. The van der Waals surface area contributed by atoms with E-state index in [9.17, 15) is 72.3 Å². The van der Waals surface area contributed by atoms with Crippen LogP contribution in [0.4, 0.5) is 11.8 Å². The number of nitrogen functional groups attached to an aromatic ring is 2. The van der Waals surface area contributed by atoms with Gasteiger partial charge in [0.05, 0.1) is 39.3 Å². The van der Waals surface area contributed by atoms with Crippen LogP contribution < -0.4 is 32.8 Å². The lowest BCUT2D eigenvalue weighted by atomic mass is 9.92. The van der Waals surface area contributed by atoms with E-state index in [0.717, 1.165) is 36.6 Å². The van der Waals surface area contributed by atoms with E-state index in [-0.39, 0.29) is 59.3 Å². The molecule has 1 amide bonds. The molecule has 13 N–H and O–H groups in total. The number of ether oxygens (including phenoxy) is 4. The molecule has 0 aliphatic carbocycles. The summed E-state index contributed by atoms with van der Waals surface area (Å²) in [5, 5.41) is 32.9. The van der Waals surface area contributed by atoms with E-state index in [4.69, 9.17) is 48.5 Å². The molecular formula is C37H54N13O25P4+. The van der Waals surface area contributed by atoms with Crippen LogP contribution in [0.2, 0.25) is 0 Å². The number of amides is 1. The monoisotopic (exact) mass is 1200 g/mol. The number of carbonyl (C=O) groups excluding carboxylic acids is 1. The molecule has 0 bridgehead atoms. The molecule has 3 aliphatic rings. The van der Waals surface area contributed by atoms with E-state index in [0.29, 0.717) is 0 Å². The van der Waals surface area contributed by atoms with Gasteiger partial charge in [-0.2, -0.15) is 8.62 Å². The van der Waals surface area contributed by atoms with Crippen LogP contribution in [0.25, 0.3) is 22.3 Å². The Morgan fingerprint density at radius 2 is 1.46 bits per heavy atom. The molecule has 16 atom stereocenters. The topological polar surface area (TPSA) is 528 Å². The van der Waals surface area contributed by atoms with Crippen molar-refractivity contribution in [3.8, 4) is 0 Å². The Morgan fingerprint density at radius 3 is 2.11 bits per heavy atom. The highest BCUT2D eigenvalue weighted by Crippen LogP contribution is 2.68. The Morgan fingerprint density at radius 1 is 0.810 bits per heavy atom. The minimum atomic E-state index is -6.22. The number of phosphoric ester groups is 3. The Labute approximate surface area is 441 Å². The summed E-state index contributed by atoms with van der Waals surface area (Å²) in [6.07, 6.45) is -13.3. The van der Waals surface area contributed by atoms with Crippen LogP contribution in [0.15, 0.2) is 45.6 Å². The molecule has 79 heavy (non-hydrogen) atoms. The number of hydrogen-bond donors (Lipinski definition) is 11. The number of methoxy groups -OCH3 is 1. The fourth-order valence-corrected chi connectivity index (χ4v) is 13.4. The maximum atomic E-state index is 13.6. The van der Waals surface area contributed by atoms with Crippen LogP contribution in [-0.2, 0) is 75.8 Å². The van der Waals surface area contributed by atoms with Crippen molar-refractivity contribution in [3.05, 3.63) is 62.4 Å². The number of aromatic amines is 2. The van der Waals surface area contributed by atoms with Gasteiger partial charge in [0.15, 0.2) is 30.2 Å². The number of hydrogen-bond acceptors (Lipinski definition) is 27. The number of aliphatic hydroxyl groups excluding tert-OH is 3. The van der Waals surface area contributed by atoms with Crippen LogP contribution in [0.1, 0.15) is 37.9 Å². The van der Waals surface area contributed by atoms with E-state index in [1.807, 2.05) is 4.98 Å². The zero-order valence-electron chi connectivity index (χ0n) is 41.5. The average Bonchev–Trinajstić information content (AvgIpc) is 4.31. The van der Waals surface area contributed by atoms with Gasteiger partial charge >= 0.3 is 42.6 Å². The molecule has 5 unspecified atom stereocenters. The molecule has 8 rings (SSSR count). The number of fused-ring (bicyclic) bond motifs is 2. The summed E-state index contributed by atoms with van der Waals surface area (Å²) in [6, 6.07) is 0.923. The second-order valence-corrected chi connectivity index (χ2v) is 24.1. The smallest absolute Gasteiger partial charge is 0.387 e. The van der Waals surface area contributed by atoms with Crippen molar-refractivity contribution in [2.45, 2.75) is 86.8 Å². The quantitative estimate of drug-likeness (QED) is 0.0225. The van der Waals surface area contributed by atoms with Gasteiger partial charge in [0.25, 0.3) is 17.1 Å². The third-order valence-corrected chi connectivity index (χ3v) is 17.8. The number of phosphoric acid groups is 4. The first-order valence-electron chi connectivity index (χ1n) is 23.1. The summed E-state index contributed by atoms with van der Waals surface area (Å²) in [7, 11) is -17.9. The van der Waals surface area contributed by atoms with Crippen LogP contribution >= 0.6 is 31.3 Å². The van der Waals surface area contributed by atoms with Gasteiger partial charge in [0, 0.05) is 45.8 Å². The number of nitrogens with one attached hydrogen (secondary N) is 2. The SMILES string of the molecule is CO[C@@H]1[C@H](OP(=O)(O)OC[C@H]2O[C@@H](n3ccc(=O)[nH]c3=O)[C@H](O)[C@@H]2O)[C@@H](COP(=O)(O)OP(=O)(O)OP(=O)(O)OC[C@H]2OC([n+]3cn(C)c4c(=O)[nH]c(N)nc43)[C@H](O)[C@@H]2CCCC(=O)N(C)C)O[C@H]1n1cnc2c(N)ncnc21. The number of carbonyl (C=O) groups is 1. The molecule has 436 valence electrons. The standard InChI is InChI=1S/C37H53N13O25P4/c1-46(2)21(52)7-5-6-16-17(70-33(24(16)53)50-15-47(3)23-31(50)44-36(39)45-32(23)56)10-68-77(60,61)74-79(64,65)75-78(62,63)69-12-19-27(28(66-4)35(72-19)49-14-42-22-29(38)40-13-41-30(22)49)73-76(58,59)67-11-18-25(54)26(55)34(71-18)48-9-8-20(51)43-37(48)57/h8-9,13-19,24-28,33-35,53-55H,5-7,10-12H2,1-4H3,(H9-,38,39,40,41,43,44,45,51,56,57,58,59,60,61,62,63,64,65)/p+1/t16-,17-,18-,19-,24-,25-,26-,27-,28-,33?,34-,35-/m1/s1. The molecule has 3 saturated heterocycles. The molecule has 3 fully saturated rings. The molecule has 38 nitrogen and oxygen atoms in total. The second kappa shape index (κ2) is 23.4. The second-order valence-electron chi connectivity index (χ2n) is 18.1. The first-order chi connectivity index (χ1) is 37.0. The molecule has 8 heterocycles. The highest BCUT2D eigenvalue weighted by molar-refractivity contribution is 7.66. The van der Waals surface area contributed by atoms with E-state index in [2.05, 4.69) is 33.5 Å². The van der Waals surface area contributed by atoms with Gasteiger partial charge < -0.3 is 70.2 Å². The Bertz CT molecular complexity index is 3450. The number of aromatic nitrogens is 10. The molecule has 3 aliphatic heterocycles. The third kappa shape index (κ3) is 13.3. The molecule has 0 radical (unpaired) electrons. The fourth-order valence-electron chi connectivity index (χ4n) is 8.94. The van der Waals surface area contributed by atoms with Gasteiger partial charge in [-0.3, -0.25) is 56.1 Å². The van der Waals surface area contributed by atoms with Gasteiger partial charge in [0.1, 0.15) is 54.6 Å². The van der Waals surface area contributed by atoms with Gasteiger partial charge in [-0.25, -0.2) is 42.6 Å². The predicted octanol–water partition coefficient (Wildman–Crippen LogP) is -3.36. The summed E-state index contributed by atoms with van der Waals surface area (Å²) in [5.41, 5.74) is 9.29. The van der Waals surface area contributed by atoms with Crippen LogP contribution in [0, 0.1) is 5.92 Å². The summed E-state index contributed by atoms with van der Waals surface area (Å²) >= 11 is 0. The zero-order valence-corrected chi connectivity index (χ0v) is 45.1. The van der Waals surface area contributed by atoms with Crippen molar-refractivity contribution >= 4 is 71.3 Å². The van der Waals surface area contributed by atoms with Crippen molar-refractivity contribution in [2.24, 2.45) is 13.0 Å². The summed E-state index contributed by atoms with van der Waals surface area (Å²) in [4.78, 5) is 114. The van der Waals surface area contributed by atoms with Crippen LogP contribution in [-0.4, -0.2) is 179 Å². The number of nitrogens with two attached hydrogens (primary N) is 2. The predicted molar refractivity (Wildman–Crippen MR) is 258 cm³/mol. The summed E-state index contributed by atoms with van der Waals surface area (Å²) < 4.78 is 110. The van der Waals surface area contributed by atoms with Crippen LogP contribution in [0.3, 0.4) is 0 Å². The molecule has 0 spiro atoms. The molecule has 42 heteroatoms. The lowest BCUT2D eigenvalue weighted by Crippen LogP contribution is -2.45. The fraction of sp³-hybridized carbons (Fsp3) is 0.595. The summed E-state index contributed by atoms with van der Waals surface area (Å²) in [6.45, 7) is -3.27. The van der Waals surface area contributed by atoms with E-state index < -0.39 is 141 Å². The number of imidazole rings is 2. The molecule has 5 aromatic rings. The number of nitrogens with zero attached hydrogens (tertiary/aromatic N) is 9. The first-order valence-corrected chi connectivity index (χ1v) is 29.1. The van der Waals surface area contributed by atoms with Gasteiger partial charge in [-0.15, -0.1) is 0 Å². The zero-order chi connectivity index (χ0) is 57.7. The van der Waals surface area contributed by atoms with Crippen molar-refractivity contribution < 1.29 is 108 Å². The van der Waals surface area contributed by atoms with Gasteiger partial charge in [-0.05, 0) is 12.8 Å². The minimum Gasteiger partial charge on any atom is -0.387 e. The van der Waals surface area contributed by atoms with Gasteiger partial charge in [-0.1, -0.05) is 4.98 Å². The van der Waals surface area contributed by atoms with Gasteiger partial charge in [0.2, 0.25) is 17.7 Å². The van der Waals surface area contributed by atoms with E-state index in [1.165, 1.54) is 46.1 Å². The van der Waals surface area contributed by atoms with Crippen molar-refractivity contribution in [3.63, 3.8) is 0 Å². The highest BCUT2D eigenvalue weighted by Gasteiger charge is 2.54. The first kappa shape index (κ1) is 60.0. The van der Waals surface area contributed by atoms with E-state index in [1.54, 1.807) is 0 Å². The molecule has 0 aromatic carbocycles. The number of H-pyrrole nitrogens is 2. The average molecular weight is 1200 g/mol. The molecule has 5 aromatic heterocycles. The van der Waals surface area contributed by atoms with E-state index >= 15 is 0 Å². The van der Waals surface area contributed by atoms with Crippen molar-refractivity contribution in [2.75, 3.05) is 52.5 Å². The normalized spacial score (nSPS) is 29.4. The minimum absolute atomic E-state index is 0.000177. The Hall–Kier alpha value is -5.11. The highest BCUT2D eigenvalue weighted by atomic mass is 31.3. The van der Waals surface area contributed by atoms with Crippen LogP contribution in [0.5, 0.6) is 0 Å². The van der Waals surface area contributed by atoms with Crippen molar-refractivity contribution in [1.82, 2.24) is 48.5 Å². The maximum absolute atomic E-state index is 13.6.